The number of nitrogens with zero attached hydrogens (tertiary/aromatic N) is 2. The number of hydrogen-bond donors (Lipinski definition) is 1. The lowest BCUT2D eigenvalue weighted by molar-refractivity contribution is -0.137. The van der Waals surface area contributed by atoms with E-state index in [0.717, 1.165) is 23.5 Å². The van der Waals surface area contributed by atoms with Gasteiger partial charge in [-0.3, -0.25) is 10.2 Å². The largest absolute Gasteiger partial charge is 0.445 e. The minimum absolute atomic E-state index is 0.200. The Bertz CT molecular complexity index is 973. The molecule has 2 amide bonds. The van der Waals surface area contributed by atoms with Gasteiger partial charge in [-0.25, -0.2) is 14.2 Å². The Balaban J connectivity index is 1.63. The zero-order valence-electron chi connectivity index (χ0n) is 14.3. The predicted octanol–water partition coefficient (Wildman–Crippen LogP) is 5.76. The van der Waals surface area contributed by atoms with Gasteiger partial charge < -0.3 is 4.74 Å². The third-order valence-electron chi connectivity index (χ3n) is 3.60. The molecule has 0 spiro atoms. The van der Waals surface area contributed by atoms with Crippen LogP contribution in [0.25, 0.3) is 0 Å². The average Bonchev–Trinajstić information content (AvgIpc) is 3.07. The first kappa shape index (κ1) is 19.6. The number of anilines is 2. The summed E-state index contributed by atoms with van der Waals surface area (Å²) in [5.74, 6) is -0.273. The third kappa shape index (κ3) is 4.77. The fourth-order valence-electron chi connectivity index (χ4n) is 2.17. The molecule has 1 heterocycles. The second-order valence-corrected chi connectivity index (χ2v) is 6.57. The summed E-state index contributed by atoms with van der Waals surface area (Å²) in [6.45, 7) is 0. The standard InChI is InChI=1S/C18H13F4N3O2S/c1-25(13-4-2-3-12(19)9-13)17(26)24-16-23-10-15(28-16)27-14-7-5-11(6-8-14)18(20,21)22/h2-10H,1H3,(H,23,24,26). The molecule has 2 aromatic carbocycles. The molecule has 3 rings (SSSR count). The van der Waals surface area contributed by atoms with E-state index in [0.29, 0.717) is 5.69 Å². The molecule has 0 saturated heterocycles. The van der Waals surface area contributed by atoms with Gasteiger partial charge in [0.05, 0.1) is 11.8 Å². The van der Waals surface area contributed by atoms with Crippen LogP contribution in [0, 0.1) is 5.82 Å². The highest BCUT2D eigenvalue weighted by Crippen LogP contribution is 2.33. The number of carbonyl (C=O) groups excluding carboxylic acids is 1. The molecular weight excluding hydrogens is 398 g/mol. The number of nitrogens with one attached hydrogen (secondary N) is 1. The van der Waals surface area contributed by atoms with Crippen molar-refractivity contribution < 1.29 is 27.1 Å². The Kier molecular flexibility index (Phi) is 5.50. The molecule has 0 aliphatic rings. The number of alkyl halides is 3. The molecule has 0 fully saturated rings. The lowest BCUT2D eigenvalue weighted by Gasteiger charge is -2.16. The van der Waals surface area contributed by atoms with Crippen molar-refractivity contribution in [1.29, 1.82) is 0 Å². The van der Waals surface area contributed by atoms with Crippen molar-refractivity contribution in [3.8, 4) is 10.8 Å². The van der Waals surface area contributed by atoms with Crippen molar-refractivity contribution in [1.82, 2.24) is 4.98 Å². The first-order valence-corrected chi connectivity index (χ1v) is 8.65. The molecule has 0 aliphatic heterocycles. The Morgan fingerprint density at radius 1 is 1.18 bits per heavy atom. The number of rotatable bonds is 4. The minimum Gasteiger partial charge on any atom is -0.445 e. The van der Waals surface area contributed by atoms with Gasteiger partial charge in [0.2, 0.25) is 5.06 Å². The van der Waals surface area contributed by atoms with Gasteiger partial charge in [0, 0.05) is 12.7 Å². The van der Waals surface area contributed by atoms with Crippen molar-refractivity contribution in [3.05, 3.63) is 66.1 Å². The second-order valence-electron chi connectivity index (χ2n) is 5.58. The predicted molar refractivity (Wildman–Crippen MR) is 97.5 cm³/mol. The fourth-order valence-corrected chi connectivity index (χ4v) is 2.85. The third-order valence-corrected chi connectivity index (χ3v) is 4.39. The number of benzene rings is 2. The molecule has 3 aromatic rings. The zero-order chi connectivity index (χ0) is 20.3. The summed E-state index contributed by atoms with van der Waals surface area (Å²) >= 11 is 0.993. The van der Waals surface area contributed by atoms with Crippen LogP contribution in [0.2, 0.25) is 0 Å². The van der Waals surface area contributed by atoms with Crippen molar-refractivity contribution >= 4 is 28.2 Å². The van der Waals surface area contributed by atoms with E-state index in [-0.39, 0.29) is 15.9 Å². The Hall–Kier alpha value is -3.14. The number of aromatic nitrogens is 1. The van der Waals surface area contributed by atoms with E-state index in [1.165, 1.54) is 48.5 Å². The zero-order valence-corrected chi connectivity index (χ0v) is 15.1. The van der Waals surface area contributed by atoms with Crippen molar-refractivity contribution in [2.75, 3.05) is 17.3 Å². The normalized spacial score (nSPS) is 11.2. The summed E-state index contributed by atoms with van der Waals surface area (Å²) in [7, 11) is 1.47. The van der Waals surface area contributed by atoms with Crippen LogP contribution in [-0.2, 0) is 6.18 Å². The SMILES string of the molecule is CN(C(=O)Nc1ncc(Oc2ccc(C(F)(F)F)cc2)s1)c1cccc(F)c1. The Morgan fingerprint density at radius 2 is 1.89 bits per heavy atom. The van der Waals surface area contributed by atoms with E-state index in [9.17, 15) is 22.4 Å². The lowest BCUT2D eigenvalue weighted by atomic mass is 10.2. The first-order chi connectivity index (χ1) is 13.2. The summed E-state index contributed by atoms with van der Waals surface area (Å²) in [6, 6.07) is 9.19. The van der Waals surface area contributed by atoms with Crippen molar-refractivity contribution in [3.63, 3.8) is 0 Å². The summed E-state index contributed by atoms with van der Waals surface area (Å²) in [6.07, 6.45) is -3.09. The van der Waals surface area contributed by atoms with Crippen LogP contribution in [0.3, 0.4) is 0 Å². The van der Waals surface area contributed by atoms with E-state index in [2.05, 4.69) is 10.3 Å². The molecule has 10 heteroatoms. The highest BCUT2D eigenvalue weighted by atomic mass is 32.1. The van der Waals surface area contributed by atoms with Gasteiger partial charge in [-0.15, -0.1) is 0 Å². The monoisotopic (exact) mass is 411 g/mol. The van der Waals surface area contributed by atoms with Gasteiger partial charge in [0.15, 0.2) is 5.13 Å². The molecule has 0 bridgehead atoms. The number of carbonyl (C=O) groups is 1. The minimum atomic E-state index is -4.42. The number of amides is 2. The lowest BCUT2D eigenvalue weighted by Crippen LogP contribution is -2.31. The molecule has 0 aliphatic carbocycles. The van der Waals surface area contributed by atoms with Crippen molar-refractivity contribution in [2.24, 2.45) is 0 Å². The first-order valence-electron chi connectivity index (χ1n) is 7.83. The maximum absolute atomic E-state index is 13.3. The highest BCUT2D eigenvalue weighted by molar-refractivity contribution is 7.17. The molecule has 5 nitrogen and oxygen atoms in total. The summed E-state index contributed by atoms with van der Waals surface area (Å²) < 4.78 is 56.4. The van der Waals surface area contributed by atoms with E-state index >= 15 is 0 Å². The number of thiazole rings is 1. The van der Waals surface area contributed by atoms with Crippen LogP contribution in [-0.4, -0.2) is 18.1 Å². The maximum Gasteiger partial charge on any atom is 0.416 e. The molecule has 1 N–H and O–H groups in total. The van der Waals surface area contributed by atoms with Gasteiger partial charge in [-0.2, -0.15) is 13.2 Å². The van der Waals surface area contributed by atoms with Crippen LogP contribution in [0.1, 0.15) is 5.56 Å². The molecule has 0 radical (unpaired) electrons. The van der Waals surface area contributed by atoms with Crippen LogP contribution < -0.4 is 15.0 Å². The maximum atomic E-state index is 13.3. The number of hydrogen-bond acceptors (Lipinski definition) is 4. The van der Waals surface area contributed by atoms with Gasteiger partial charge in [0.1, 0.15) is 11.6 Å². The Morgan fingerprint density at radius 3 is 2.54 bits per heavy atom. The van der Waals surface area contributed by atoms with Crippen molar-refractivity contribution in [2.45, 2.75) is 6.18 Å². The fraction of sp³-hybridized carbons (Fsp3) is 0.111. The van der Waals surface area contributed by atoms with Crippen LogP contribution in [0.4, 0.5) is 33.2 Å². The van der Waals surface area contributed by atoms with E-state index in [1.807, 2.05) is 0 Å². The molecule has 146 valence electrons. The Labute approximate surface area is 161 Å². The number of ether oxygens (including phenoxy) is 1. The van der Waals surface area contributed by atoms with Crippen LogP contribution in [0.5, 0.6) is 10.8 Å². The number of urea groups is 1. The van der Waals surface area contributed by atoms with E-state index in [4.69, 9.17) is 4.74 Å². The molecule has 1 aromatic heterocycles. The highest BCUT2D eigenvalue weighted by Gasteiger charge is 2.30. The van der Waals surface area contributed by atoms with E-state index in [1.54, 1.807) is 6.07 Å². The molecule has 28 heavy (non-hydrogen) atoms. The summed E-state index contributed by atoms with van der Waals surface area (Å²) in [4.78, 5) is 17.4. The summed E-state index contributed by atoms with van der Waals surface area (Å²) in [5, 5.41) is 3.04. The summed E-state index contributed by atoms with van der Waals surface area (Å²) in [5.41, 5.74) is -0.423. The quantitative estimate of drug-likeness (QED) is 0.555. The molecule has 0 atom stereocenters. The average molecular weight is 411 g/mol. The van der Waals surface area contributed by atoms with Gasteiger partial charge in [-0.05, 0) is 42.5 Å². The van der Waals surface area contributed by atoms with E-state index < -0.39 is 23.6 Å². The second kappa shape index (κ2) is 7.85. The molecular formula is C18H13F4N3O2S. The smallest absolute Gasteiger partial charge is 0.416 e. The molecule has 0 unspecified atom stereocenters. The van der Waals surface area contributed by atoms with Gasteiger partial charge >= 0.3 is 12.2 Å². The molecule has 0 saturated carbocycles. The van der Waals surface area contributed by atoms with Gasteiger partial charge in [0.25, 0.3) is 0 Å². The van der Waals surface area contributed by atoms with Crippen LogP contribution >= 0.6 is 11.3 Å². The number of halogens is 4. The van der Waals surface area contributed by atoms with Gasteiger partial charge in [-0.1, -0.05) is 17.4 Å². The van der Waals surface area contributed by atoms with Crippen LogP contribution in [0.15, 0.2) is 54.7 Å². The topological polar surface area (TPSA) is 54.5 Å².